The number of ether oxygens (including phenoxy) is 1. The van der Waals surface area contributed by atoms with E-state index in [4.69, 9.17) is 9.72 Å². The van der Waals surface area contributed by atoms with Gasteiger partial charge in [0.1, 0.15) is 17.6 Å². The van der Waals surface area contributed by atoms with E-state index in [1.54, 1.807) is 18.5 Å². The minimum atomic E-state index is -2.58. The van der Waals surface area contributed by atoms with Crippen molar-refractivity contribution in [2.24, 2.45) is 11.8 Å². The lowest BCUT2D eigenvalue weighted by Gasteiger charge is -2.32. The molecule has 1 saturated carbocycles. The Balaban J connectivity index is 1.39. The molecule has 11 heteroatoms. The van der Waals surface area contributed by atoms with Gasteiger partial charge in [0, 0.05) is 43.2 Å². The Bertz CT molecular complexity index is 1210. The lowest BCUT2D eigenvalue weighted by molar-refractivity contribution is -0.116. The molecule has 2 fully saturated rings. The quantitative estimate of drug-likeness (QED) is 0.516. The second-order valence-corrected chi connectivity index (χ2v) is 8.94. The van der Waals surface area contributed by atoms with E-state index >= 15 is 0 Å². The van der Waals surface area contributed by atoms with Crippen LogP contribution in [0.25, 0.3) is 11.0 Å². The van der Waals surface area contributed by atoms with E-state index < -0.39 is 24.2 Å². The highest BCUT2D eigenvalue weighted by Crippen LogP contribution is 2.42. The van der Waals surface area contributed by atoms with Crippen LogP contribution in [-0.2, 0) is 9.53 Å². The van der Waals surface area contributed by atoms with E-state index in [9.17, 15) is 18.4 Å². The monoisotopic (exact) mass is 484 g/mol. The van der Waals surface area contributed by atoms with Gasteiger partial charge in [0.15, 0.2) is 0 Å². The first-order valence-corrected chi connectivity index (χ1v) is 11.7. The van der Waals surface area contributed by atoms with Crippen LogP contribution in [0.5, 0.6) is 0 Å². The molecule has 0 radical (unpaired) electrons. The summed E-state index contributed by atoms with van der Waals surface area (Å²) in [4.78, 5) is 35.7. The van der Waals surface area contributed by atoms with Crippen molar-refractivity contribution < 1.29 is 23.1 Å². The van der Waals surface area contributed by atoms with E-state index in [2.05, 4.69) is 25.4 Å². The van der Waals surface area contributed by atoms with Crippen molar-refractivity contribution in [1.29, 1.82) is 0 Å². The molecule has 3 aromatic rings. The molecule has 1 aliphatic heterocycles. The molecule has 2 aliphatic rings. The molecule has 0 aromatic carbocycles. The van der Waals surface area contributed by atoms with Crippen LogP contribution in [0.1, 0.15) is 41.2 Å². The zero-order valence-corrected chi connectivity index (χ0v) is 19.0. The first kappa shape index (κ1) is 23.3. The molecule has 5 rings (SSSR count). The highest BCUT2D eigenvalue weighted by atomic mass is 19.3. The number of carbonyl (C=O) groups excluding carboxylic acids is 2. The van der Waals surface area contributed by atoms with Crippen LogP contribution in [0.15, 0.2) is 30.6 Å². The highest BCUT2D eigenvalue weighted by molar-refractivity contribution is 6.11. The van der Waals surface area contributed by atoms with Gasteiger partial charge in [0.05, 0.1) is 35.7 Å². The van der Waals surface area contributed by atoms with Crippen LogP contribution in [0.3, 0.4) is 0 Å². The summed E-state index contributed by atoms with van der Waals surface area (Å²) in [6, 6.07) is 5.32. The van der Waals surface area contributed by atoms with Crippen molar-refractivity contribution in [3.63, 3.8) is 0 Å². The largest absolute Gasteiger partial charge is 0.378 e. The molecular weight excluding hydrogens is 458 g/mol. The fourth-order valence-electron chi connectivity index (χ4n) is 5.00. The molecule has 0 bridgehead atoms. The average molecular weight is 485 g/mol. The van der Waals surface area contributed by atoms with Gasteiger partial charge in [-0.05, 0) is 37.5 Å². The summed E-state index contributed by atoms with van der Waals surface area (Å²) in [6.07, 6.45) is 2.20. The number of rotatable bonds is 6. The summed E-state index contributed by atoms with van der Waals surface area (Å²) in [7, 11) is 0. The smallest absolute Gasteiger partial charge is 0.258 e. The minimum absolute atomic E-state index is 0.136. The lowest BCUT2D eigenvalue weighted by atomic mass is 9.73. The molecule has 3 atom stereocenters. The average Bonchev–Trinajstić information content (AvgIpc) is 3.36. The van der Waals surface area contributed by atoms with Crippen molar-refractivity contribution >= 4 is 34.7 Å². The van der Waals surface area contributed by atoms with E-state index in [0.717, 1.165) is 5.82 Å². The number of hydrogen-bond donors (Lipinski definition) is 2. The predicted molar refractivity (Wildman–Crippen MR) is 125 cm³/mol. The topological polar surface area (TPSA) is 113 Å². The molecule has 1 saturated heterocycles. The summed E-state index contributed by atoms with van der Waals surface area (Å²) in [5.74, 6) is -1.60. The maximum Gasteiger partial charge on any atom is 0.258 e. The number of morpholine rings is 1. The van der Waals surface area contributed by atoms with Crippen LogP contribution >= 0.6 is 0 Å². The van der Waals surface area contributed by atoms with E-state index in [1.165, 1.54) is 0 Å². The Morgan fingerprint density at radius 2 is 2.06 bits per heavy atom. The van der Waals surface area contributed by atoms with Gasteiger partial charge in [0.25, 0.3) is 5.91 Å². The molecule has 1 amide bonds. The maximum absolute atomic E-state index is 13.5. The number of alkyl halides is 2. The van der Waals surface area contributed by atoms with Crippen molar-refractivity contribution in [1.82, 2.24) is 20.2 Å². The number of aromatic nitrogens is 4. The molecule has 4 heterocycles. The number of nitrogens with zero attached hydrogens (tertiary/aromatic N) is 4. The number of anilines is 2. The number of hydrogen-bond acceptors (Lipinski definition) is 7. The SMILES string of the molecule is O=CC1CCC(c2n[nH]cc2NC(=O)c2ccnc3ccc(N4CCOCC4)nc23)CC1C(F)F. The molecule has 35 heavy (non-hydrogen) atoms. The third kappa shape index (κ3) is 4.72. The third-order valence-electron chi connectivity index (χ3n) is 6.91. The molecule has 3 unspecified atom stereocenters. The number of aromatic amines is 1. The molecule has 3 aromatic heterocycles. The van der Waals surface area contributed by atoms with Gasteiger partial charge < -0.3 is 19.7 Å². The predicted octanol–water partition coefficient (Wildman–Crippen LogP) is 3.41. The molecule has 2 N–H and O–H groups in total. The number of fused-ring (bicyclic) bond motifs is 1. The Labute approximate surface area is 200 Å². The molecular formula is C24H26F2N6O3. The summed E-state index contributed by atoms with van der Waals surface area (Å²) >= 11 is 0. The van der Waals surface area contributed by atoms with Crippen LogP contribution in [0.2, 0.25) is 0 Å². The van der Waals surface area contributed by atoms with Crippen LogP contribution in [-0.4, -0.2) is 65.1 Å². The third-order valence-corrected chi connectivity index (χ3v) is 6.91. The van der Waals surface area contributed by atoms with Crippen molar-refractivity contribution in [3.05, 3.63) is 41.9 Å². The number of carbonyl (C=O) groups is 2. The molecule has 184 valence electrons. The first-order valence-electron chi connectivity index (χ1n) is 11.7. The molecule has 9 nitrogen and oxygen atoms in total. The Morgan fingerprint density at radius 1 is 1.23 bits per heavy atom. The van der Waals surface area contributed by atoms with E-state index in [-0.39, 0.29) is 12.3 Å². The van der Waals surface area contributed by atoms with Crippen LogP contribution in [0.4, 0.5) is 20.3 Å². The van der Waals surface area contributed by atoms with Gasteiger partial charge in [-0.15, -0.1) is 0 Å². The zero-order chi connectivity index (χ0) is 24.4. The number of nitrogens with one attached hydrogen (secondary N) is 2. The first-order chi connectivity index (χ1) is 17.0. The van der Waals surface area contributed by atoms with Crippen molar-refractivity contribution in [2.45, 2.75) is 31.6 Å². The number of amides is 1. The molecule has 1 aliphatic carbocycles. The summed E-state index contributed by atoms with van der Waals surface area (Å²) in [5.41, 5.74) is 2.38. The maximum atomic E-state index is 13.5. The Hall–Kier alpha value is -3.47. The van der Waals surface area contributed by atoms with Gasteiger partial charge >= 0.3 is 0 Å². The number of pyridine rings is 2. The standard InChI is InChI=1S/C24H26F2N6O3/c25-23(26)17-11-14(1-2-15(17)13-33)21-19(12-28-31-21)29-24(34)16-5-6-27-18-3-4-20(30-22(16)18)32-7-9-35-10-8-32/h3-6,12-15,17,23H,1-2,7-11H2,(H,28,31)(H,29,34). The van der Waals surface area contributed by atoms with Gasteiger partial charge in [-0.25, -0.2) is 13.8 Å². The van der Waals surface area contributed by atoms with Gasteiger partial charge in [-0.3, -0.25) is 14.9 Å². The van der Waals surface area contributed by atoms with Crippen molar-refractivity contribution in [3.8, 4) is 0 Å². The number of aldehydes is 1. The van der Waals surface area contributed by atoms with E-state index in [1.807, 2.05) is 12.1 Å². The number of halogens is 2. The highest BCUT2D eigenvalue weighted by Gasteiger charge is 2.38. The summed E-state index contributed by atoms with van der Waals surface area (Å²) in [6.45, 7) is 2.66. The second-order valence-electron chi connectivity index (χ2n) is 8.94. The summed E-state index contributed by atoms with van der Waals surface area (Å²) < 4.78 is 32.5. The molecule has 0 spiro atoms. The van der Waals surface area contributed by atoms with Gasteiger partial charge in [0.2, 0.25) is 6.43 Å². The van der Waals surface area contributed by atoms with Gasteiger partial charge in [-0.2, -0.15) is 5.10 Å². The number of H-pyrrole nitrogens is 1. The van der Waals surface area contributed by atoms with Gasteiger partial charge in [-0.1, -0.05) is 0 Å². The van der Waals surface area contributed by atoms with Crippen LogP contribution < -0.4 is 10.2 Å². The second kappa shape index (κ2) is 10.0. The summed E-state index contributed by atoms with van der Waals surface area (Å²) in [5, 5.41) is 9.87. The zero-order valence-electron chi connectivity index (χ0n) is 19.0. The normalized spacial score (nSPS) is 22.9. The minimum Gasteiger partial charge on any atom is -0.378 e. The Kier molecular flexibility index (Phi) is 6.67. The lowest BCUT2D eigenvalue weighted by Crippen LogP contribution is -2.36. The fraction of sp³-hybridized carbons (Fsp3) is 0.458. The fourth-order valence-corrected chi connectivity index (χ4v) is 5.00. The van der Waals surface area contributed by atoms with E-state index in [0.29, 0.717) is 73.4 Å². The van der Waals surface area contributed by atoms with Crippen molar-refractivity contribution in [2.75, 3.05) is 36.5 Å². The Morgan fingerprint density at radius 3 is 2.83 bits per heavy atom. The van der Waals surface area contributed by atoms with Crippen LogP contribution in [0, 0.1) is 11.8 Å².